The van der Waals surface area contributed by atoms with Gasteiger partial charge in [-0.1, -0.05) is 30.3 Å². The van der Waals surface area contributed by atoms with E-state index in [1.54, 1.807) is 0 Å². The van der Waals surface area contributed by atoms with Crippen LogP contribution in [0.3, 0.4) is 0 Å². The van der Waals surface area contributed by atoms with Gasteiger partial charge in [-0.3, -0.25) is 9.79 Å². The van der Waals surface area contributed by atoms with Crippen LogP contribution in [0, 0.1) is 0 Å². The highest BCUT2D eigenvalue weighted by atomic mass is 16.1. The van der Waals surface area contributed by atoms with Gasteiger partial charge >= 0.3 is 0 Å². The van der Waals surface area contributed by atoms with Crippen LogP contribution in [-0.4, -0.2) is 42.9 Å². The summed E-state index contributed by atoms with van der Waals surface area (Å²) in [5.41, 5.74) is 1.23. The molecule has 1 aromatic rings. The zero-order valence-corrected chi connectivity index (χ0v) is 14.1. The topological polar surface area (TPSA) is 56.7 Å². The number of nitrogens with zero attached hydrogens (tertiary/aromatic N) is 2. The lowest BCUT2D eigenvalue weighted by atomic mass is 10.2. The van der Waals surface area contributed by atoms with Crippen LogP contribution in [0.1, 0.15) is 32.8 Å². The van der Waals surface area contributed by atoms with Gasteiger partial charge in [0, 0.05) is 32.6 Å². The summed E-state index contributed by atoms with van der Waals surface area (Å²) in [5, 5.41) is 6.14. The quantitative estimate of drug-likeness (QED) is 0.598. The highest BCUT2D eigenvalue weighted by Gasteiger charge is 2.07. The molecule has 0 aliphatic heterocycles. The molecule has 1 amide bonds. The van der Waals surface area contributed by atoms with Crippen molar-refractivity contribution in [1.82, 2.24) is 15.5 Å². The van der Waals surface area contributed by atoms with Crippen LogP contribution in [0.25, 0.3) is 0 Å². The molecule has 0 saturated heterocycles. The molecule has 122 valence electrons. The largest absolute Gasteiger partial charge is 0.357 e. The van der Waals surface area contributed by atoms with Gasteiger partial charge in [0.05, 0.1) is 6.54 Å². The van der Waals surface area contributed by atoms with Gasteiger partial charge in [0.25, 0.3) is 0 Å². The van der Waals surface area contributed by atoms with Crippen molar-refractivity contribution in [3.8, 4) is 0 Å². The Hall–Kier alpha value is -2.04. The van der Waals surface area contributed by atoms with Crippen LogP contribution < -0.4 is 10.6 Å². The minimum atomic E-state index is 0.0420. The Balaban J connectivity index is 2.55. The molecule has 0 aliphatic carbocycles. The van der Waals surface area contributed by atoms with E-state index in [-0.39, 0.29) is 11.9 Å². The molecule has 5 heteroatoms. The zero-order valence-electron chi connectivity index (χ0n) is 14.1. The van der Waals surface area contributed by atoms with Crippen molar-refractivity contribution in [2.45, 2.75) is 39.8 Å². The predicted molar refractivity (Wildman–Crippen MR) is 91.8 cm³/mol. The number of hydrogen-bond donors (Lipinski definition) is 2. The van der Waals surface area contributed by atoms with Crippen molar-refractivity contribution in [2.24, 2.45) is 4.99 Å². The molecule has 0 spiro atoms. The molecule has 0 aromatic heterocycles. The van der Waals surface area contributed by atoms with E-state index in [1.165, 1.54) is 5.56 Å². The first-order valence-electron chi connectivity index (χ1n) is 7.85. The summed E-state index contributed by atoms with van der Waals surface area (Å²) in [6, 6.07) is 10.4. The molecule has 22 heavy (non-hydrogen) atoms. The van der Waals surface area contributed by atoms with Crippen LogP contribution in [0.4, 0.5) is 0 Å². The number of guanidine groups is 1. The maximum absolute atomic E-state index is 11.6. The number of rotatable bonds is 7. The first-order chi connectivity index (χ1) is 10.5. The van der Waals surface area contributed by atoms with E-state index < -0.39 is 0 Å². The van der Waals surface area contributed by atoms with Gasteiger partial charge in [-0.15, -0.1) is 0 Å². The van der Waals surface area contributed by atoms with E-state index in [1.807, 2.05) is 46.0 Å². The van der Waals surface area contributed by atoms with E-state index in [0.717, 1.165) is 19.0 Å². The van der Waals surface area contributed by atoms with Crippen LogP contribution in [0.5, 0.6) is 0 Å². The average molecular weight is 304 g/mol. The molecule has 0 fully saturated rings. The normalized spacial score (nSPS) is 11.4. The number of benzene rings is 1. The van der Waals surface area contributed by atoms with E-state index in [2.05, 4.69) is 32.7 Å². The molecule has 0 atom stereocenters. The van der Waals surface area contributed by atoms with Crippen LogP contribution in [0.15, 0.2) is 35.3 Å². The first kappa shape index (κ1) is 18.0. The maximum atomic E-state index is 11.6. The van der Waals surface area contributed by atoms with Crippen molar-refractivity contribution < 1.29 is 4.79 Å². The predicted octanol–water partition coefficient (Wildman–Crippen LogP) is 2.00. The van der Waals surface area contributed by atoms with Gasteiger partial charge in [0.1, 0.15) is 0 Å². The standard InChI is InChI=1S/C17H28N4O/c1-5-18-17(19-12-11-16(22)20-14(2)3)21(4)13-15-9-7-6-8-10-15/h6-10,14H,5,11-13H2,1-4H3,(H,18,19)(H,20,22). The number of aliphatic imine (C=N–C) groups is 1. The van der Waals surface area contributed by atoms with Gasteiger partial charge < -0.3 is 15.5 Å². The Bertz CT molecular complexity index is 471. The summed E-state index contributed by atoms with van der Waals surface area (Å²) in [6.07, 6.45) is 0.409. The maximum Gasteiger partial charge on any atom is 0.222 e. The molecular formula is C17H28N4O. The number of amides is 1. The molecule has 0 heterocycles. The van der Waals surface area contributed by atoms with E-state index in [0.29, 0.717) is 13.0 Å². The lowest BCUT2D eigenvalue weighted by molar-refractivity contribution is -0.121. The molecule has 1 rings (SSSR count). The van der Waals surface area contributed by atoms with Crippen LogP contribution in [0.2, 0.25) is 0 Å². The first-order valence-corrected chi connectivity index (χ1v) is 7.85. The minimum Gasteiger partial charge on any atom is -0.357 e. The minimum absolute atomic E-state index is 0.0420. The van der Waals surface area contributed by atoms with Crippen molar-refractivity contribution >= 4 is 11.9 Å². The van der Waals surface area contributed by atoms with E-state index in [9.17, 15) is 4.79 Å². The van der Waals surface area contributed by atoms with Crippen LogP contribution >= 0.6 is 0 Å². The highest BCUT2D eigenvalue weighted by Crippen LogP contribution is 2.03. The third-order valence-corrected chi connectivity index (χ3v) is 3.01. The summed E-state index contributed by atoms with van der Waals surface area (Å²) in [4.78, 5) is 18.2. The summed E-state index contributed by atoms with van der Waals surface area (Å²) in [7, 11) is 2.00. The summed E-state index contributed by atoms with van der Waals surface area (Å²) in [6.45, 7) is 8.02. The molecule has 0 bridgehead atoms. The summed E-state index contributed by atoms with van der Waals surface area (Å²) < 4.78 is 0. The fourth-order valence-corrected chi connectivity index (χ4v) is 2.06. The lowest BCUT2D eigenvalue weighted by Crippen LogP contribution is -2.38. The summed E-state index contributed by atoms with van der Waals surface area (Å²) in [5.74, 6) is 0.865. The average Bonchev–Trinajstić information content (AvgIpc) is 2.46. The monoisotopic (exact) mass is 304 g/mol. The van der Waals surface area contributed by atoms with Crippen molar-refractivity contribution in [1.29, 1.82) is 0 Å². The SMILES string of the molecule is CCNC(=NCCC(=O)NC(C)C)N(C)Cc1ccccc1. The molecule has 0 radical (unpaired) electrons. The number of hydrogen-bond acceptors (Lipinski definition) is 2. The van der Waals surface area contributed by atoms with Gasteiger partial charge in [-0.25, -0.2) is 0 Å². The van der Waals surface area contributed by atoms with Gasteiger partial charge in [0.2, 0.25) is 5.91 Å². The Morgan fingerprint density at radius 3 is 2.55 bits per heavy atom. The fraction of sp³-hybridized carbons (Fsp3) is 0.529. The fourth-order valence-electron chi connectivity index (χ4n) is 2.06. The van der Waals surface area contributed by atoms with E-state index >= 15 is 0 Å². The second-order valence-corrected chi connectivity index (χ2v) is 5.55. The number of nitrogens with one attached hydrogen (secondary N) is 2. The smallest absolute Gasteiger partial charge is 0.222 e. The molecule has 0 saturated carbocycles. The van der Waals surface area contributed by atoms with Crippen molar-refractivity contribution in [2.75, 3.05) is 20.1 Å². The third-order valence-electron chi connectivity index (χ3n) is 3.01. The second kappa shape index (κ2) is 9.82. The molecular weight excluding hydrogens is 276 g/mol. The Kier molecular flexibility index (Phi) is 8.04. The number of carbonyl (C=O) groups excluding carboxylic acids is 1. The van der Waals surface area contributed by atoms with Crippen molar-refractivity contribution in [3.63, 3.8) is 0 Å². The Morgan fingerprint density at radius 2 is 1.95 bits per heavy atom. The number of carbonyl (C=O) groups is 1. The van der Waals surface area contributed by atoms with Gasteiger partial charge in [-0.05, 0) is 26.3 Å². The molecule has 0 unspecified atom stereocenters. The van der Waals surface area contributed by atoms with Crippen molar-refractivity contribution in [3.05, 3.63) is 35.9 Å². The Morgan fingerprint density at radius 1 is 1.27 bits per heavy atom. The lowest BCUT2D eigenvalue weighted by Gasteiger charge is -2.22. The zero-order chi connectivity index (χ0) is 16.4. The van der Waals surface area contributed by atoms with E-state index in [4.69, 9.17) is 0 Å². The van der Waals surface area contributed by atoms with Crippen LogP contribution in [-0.2, 0) is 11.3 Å². The molecule has 5 nitrogen and oxygen atoms in total. The highest BCUT2D eigenvalue weighted by molar-refractivity contribution is 5.80. The molecule has 0 aliphatic rings. The second-order valence-electron chi connectivity index (χ2n) is 5.55. The summed E-state index contributed by atoms with van der Waals surface area (Å²) >= 11 is 0. The third kappa shape index (κ3) is 7.11. The van der Waals surface area contributed by atoms with Gasteiger partial charge in [-0.2, -0.15) is 0 Å². The Labute approximate surface area is 133 Å². The van der Waals surface area contributed by atoms with Gasteiger partial charge in [0.15, 0.2) is 5.96 Å². The molecule has 1 aromatic carbocycles. The molecule has 2 N–H and O–H groups in total.